The summed E-state index contributed by atoms with van der Waals surface area (Å²) in [7, 11) is 0. The molecule has 0 fully saturated rings. The van der Waals surface area contributed by atoms with Crippen molar-refractivity contribution in [3.63, 3.8) is 0 Å². The van der Waals surface area contributed by atoms with Gasteiger partial charge in [-0.15, -0.1) is 0 Å². The first-order valence-electron chi connectivity index (χ1n) is 7.58. The minimum Gasteiger partial charge on any atom is -0.478 e. The zero-order valence-corrected chi connectivity index (χ0v) is 12.8. The SMILES string of the molecule is CC1Oc2c(cccc2C(=O)NCCc2ccccc2)NC1=O. The average molecular weight is 310 g/mol. The van der Waals surface area contributed by atoms with E-state index in [4.69, 9.17) is 4.74 Å². The lowest BCUT2D eigenvalue weighted by Gasteiger charge is -2.25. The number of nitrogens with one attached hydrogen (secondary N) is 2. The lowest BCUT2D eigenvalue weighted by molar-refractivity contribution is -0.122. The summed E-state index contributed by atoms with van der Waals surface area (Å²) >= 11 is 0. The van der Waals surface area contributed by atoms with E-state index < -0.39 is 6.10 Å². The van der Waals surface area contributed by atoms with Crippen molar-refractivity contribution in [2.24, 2.45) is 0 Å². The molecule has 1 aliphatic heterocycles. The largest absolute Gasteiger partial charge is 0.478 e. The Morgan fingerprint density at radius 1 is 1.17 bits per heavy atom. The van der Waals surface area contributed by atoms with Gasteiger partial charge in [0.2, 0.25) is 0 Å². The molecular weight excluding hydrogens is 292 g/mol. The molecule has 2 amide bonds. The van der Waals surface area contributed by atoms with Gasteiger partial charge in [-0.1, -0.05) is 36.4 Å². The van der Waals surface area contributed by atoms with Gasteiger partial charge in [0.1, 0.15) is 0 Å². The van der Waals surface area contributed by atoms with Crippen molar-refractivity contribution in [3.05, 3.63) is 59.7 Å². The third-order valence-electron chi connectivity index (χ3n) is 3.72. The molecule has 118 valence electrons. The van der Waals surface area contributed by atoms with Gasteiger partial charge in [0.15, 0.2) is 11.9 Å². The fraction of sp³-hybridized carbons (Fsp3) is 0.222. The highest BCUT2D eigenvalue weighted by Crippen LogP contribution is 2.33. The van der Waals surface area contributed by atoms with Crippen LogP contribution in [0.4, 0.5) is 5.69 Å². The van der Waals surface area contributed by atoms with Crippen LogP contribution in [-0.2, 0) is 11.2 Å². The lowest BCUT2D eigenvalue weighted by Crippen LogP contribution is -2.36. The predicted molar refractivity (Wildman–Crippen MR) is 87.6 cm³/mol. The third-order valence-corrected chi connectivity index (χ3v) is 3.72. The fourth-order valence-electron chi connectivity index (χ4n) is 2.47. The summed E-state index contributed by atoms with van der Waals surface area (Å²) in [4.78, 5) is 24.0. The molecule has 0 saturated carbocycles. The summed E-state index contributed by atoms with van der Waals surface area (Å²) in [6.07, 6.45) is 0.149. The molecule has 0 saturated heterocycles. The Bertz CT molecular complexity index is 728. The van der Waals surface area contributed by atoms with Gasteiger partial charge in [0, 0.05) is 6.54 Å². The monoisotopic (exact) mass is 310 g/mol. The molecule has 5 nitrogen and oxygen atoms in total. The molecular formula is C18H18N2O3. The molecule has 2 aromatic rings. The van der Waals surface area contributed by atoms with Crippen molar-refractivity contribution in [2.45, 2.75) is 19.4 Å². The molecule has 2 N–H and O–H groups in total. The fourth-order valence-corrected chi connectivity index (χ4v) is 2.47. The zero-order valence-electron chi connectivity index (χ0n) is 12.8. The quantitative estimate of drug-likeness (QED) is 0.911. The van der Waals surface area contributed by atoms with Crippen molar-refractivity contribution in [1.82, 2.24) is 5.32 Å². The molecule has 0 bridgehead atoms. The number of carbonyl (C=O) groups excluding carboxylic acids is 2. The van der Waals surface area contributed by atoms with E-state index in [1.54, 1.807) is 25.1 Å². The highest BCUT2D eigenvalue weighted by Gasteiger charge is 2.27. The van der Waals surface area contributed by atoms with Crippen LogP contribution in [0.25, 0.3) is 0 Å². The number of benzene rings is 2. The van der Waals surface area contributed by atoms with E-state index in [-0.39, 0.29) is 11.8 Å². The number of hydrogen-bond acceptors (Lipinski definition) is 3. The second kappa shape index (κ2) is 6.52. The van der Waals surface area contributed by atoms with Gasteiger partial charge in [0.25, 0.3) is 11.8 Å². The number of fused-ring (bicyclic) bond motifs is 1. The molecule has 1 unspecified atom stereocenters. The molecule has 23 heavy (non-hydrogen) atoms. The van der Waals surface area contributed by atoms with E-state index in [2.05, 4.69) is 10.6 Å². The van der Waals surface area contributed by atoms with E-state index in [0.717, 1.165) is 6.42 Å². The first kappa shape index (κ1) is 15.1. The highest BCUT2D eigenvalue weighted by molar-refractivity contribution is 6.03. The van der Waals surface area contributed by atoms with Gasteiger partial charge >= 0.3 is 0 Å². The summed E-state index contributed by atoms with van der Waals surface area (Å²) < 4.78 is 5.59. The third kappa shape index (κ3) is 3.34. The molecule has 0 spiro atoms. The van der Waals surface area contributed by atoms with E-state index in [1.807, 2.05) is 30.3 Å². The van der Waals surface area contributed by atoms with Crippen LogP contribution in [0.15, 0.2) is 48.5 Å². The molecule has 0 aromatic heterocycles. The van der Waals surface area contributed by atoms with Crippen LogP contribution in [0.3, 0.4) is 0 Å². The predicted octanol–water partition coefficient (Wildman–Crippen LogP) is 2.38. The summed E-state index contributed by atoms with van der Waals surface area (Å²) in [5.41, 5.74) is 2.13. The van der Waals surface area contributed by atoms with Crippen LogP contribution in [0, 0.1) is 0 Å². The number of para-hydroxylation sites is 1. The van der Waals surface area contributed by atoms with Gasteiger partial charge in [-0.2, -0.15) is 0 Å². The molecule has 1 aliphatic rings. The second-order valence-corrected chi connectivity index (χ2v) is 5.42. The van der Waals surface area contributed by atoms with E-state index >= 15 is 0 Å². The maximum atomic E-state index is 12.4. The van der Waals surface area contributed by atoms with E-state index in [9.17, 15) is 9.59 Å². The Morgan fingerprint density at radius 2 is 1.96 bits per heavy atom. The van der Waals surface area contributed by atoms with E-state index in [0.29, 0.717) is 23.5 Å². The van der Waals surface area contributed by atoms with Crippen molar-refractivity contribution in [3.8, 4) is 5.75 Å². The van der Waals surface area contributed by atoms with Crippen molar-refractivity contribution >= 4 is 17.5 Å². The van der Waals surface area contributed by atoms with Crippen LogP contribution >= 0.6 is 0 Å². The van der Waals surface area contributed by atoms with E-state index in [1.165, 1.54) is 5.56 Å². The number of rotatable bonds is 4. The van der Waals surface area contributed by atoms with Crippen LogP contribution in [0.1, 0.15) is 22.8 Å². The maximum Gasteiger partial charge on any atom is 0.265 e. The van der Waals surface area contributed by atoms with Crippen LogP contribution in [-0.4, -0.2) is 24.5 Å². The van der Waals surface area contributed by atoms with Crippen molar-refractivity contribution in [2.75, 3.05) is 11.9 Å². The van der Waals surface area contributed by atoms with Crippen molar-refractivity contribution < 1.29 is 14.3 Å². The summed E-state index contributed by atoms with van der Waals surface area (Å²) in [5, 5.41) is 5.63. The maximum absolute atomic E-state index is 12.4. The van der Waals surface area contributed by atoms with Gasteiger partial charge in [-0.3, -0.25) is 9.59 Å². The molecule has 3 rings (SSSR count). The van der Waals surface area contributed by atoms with Gasteiger partial charge in [-0.25, -0.2) is 0 Å². The molecule has 5 heteroatoms. The lowest BCUT2D eigenvalue weighted by atomic mass is 10.1. The Morgan fingerprint density at radius 3 is 2.74 bits per heavy atom. The Labute approximate surface area is 134 Å². The molecule has 1 heterocycles. The number of ether oxygens (including phenoxy) is 1. The normalized spacial score (nSPS) is 16.0. The Hall–Kier alpha value is -2.82. The summed E-state index contributed by atoms with van der Waals surface area (Å²) in [6.45, 7) is 2.19. The molecule has 0 radical (unpaired) electrons. The van der Waals surface area contributed by atoms with Crippen molar-refractivity contribution in [1.29, 1.82) is 0 Å². The highest BCUT2D eigenvalue weighted by atomic mass is 16.5. The van der Waals surface area contributed by atoms with Gasteiger partial charge in [-0.05, 0) is 31.0 Å². The van der Waals surface area contributed by atoms with Crippen LogP contribution in [0.5, 0.6) is 5.75 Å². The van der Waals surface area contributed by atoms with Gasteiger partial charge in [0.05, 0.1) is 11.3 Å². The second-order valence-electron chi connectivity index (χ2n) is 5.42. The average Bonchev–Trinajstić information content (AvgIpc) is 2.56. The van der Waals surface area contributed by atoms with Gasteiger partial charge < -0.3 is 15.4 Å². The first-order valence-corrected chi connectivity index (χ1v) is 7.58. The molecule has 0 aliphatic carbocycles. The number of hydrogen-bond donors (Lipinski definition) is 2. The summed E-state index contributed by atoms with van der Waals surface area (Å²) in [5.74, 6) is 0.0112. The van der Waals surface area contributed by atoms with Crippen LogP contribution < -0.4 is 15.4 Å². The molecule has 1 atom stereocenters. The Kier molecular flexibility index (Phi) is 4.28. The number of amides is 2. The Balaban J connectivity index is 1.68. The first-order chi connectivity index (χ1) is 11.1. The van der Waals surface area contributed by atoms with Crippen LogP contribution in [0.2, 0.25) is 0 Å². The summed E-state index contributed by atoms with van der Waals surface area (Å²) in [6, 6.07) is 15.1. The number of anilines is 1. The topological polar surface area (TPSA) is 67.4 Å². The minimum atomic E-state index is -0.610. The number of carbonyl (C=O) groups is 2. The zero-order chi connectivity index (χ0) is 16.2. The minimum absolute atomic E-state index is 0.207. The smallest absolute Gasteiger partial charge is 0.265 e. The standard InChI is InChI=1S/C18H18N2O3/c1-12-17(21)20-15-9-5-8-14(16(15)23-12)18(22)19-11-10-13-6-3-2-4-7-13/h2-9,12H,10-11H2,1H3,(H,19,22)(H,20,21). The molecule has 2 aromatic carbocycles.